The molecule has 0 aromatic heterocycles. The Labute approximate surface area is 118 Å². The fourth-order valence-electron chi connectivity index (χ4n) is 1.69. The van der Waals surface area contributed by atoms with E-state index >= 15 is 0 Å². The first-order valence-corrected chi connectivity index (χ1v) is 6.79. The maximum atomic E-state index is 13.0. The molecule has 0 aliphatic carbocycles. The number of aryl methyl sites for hydroxylation is 1. The van der Waals surface area contributed by atoms with E-state index < -0.39 is 17.7 Å². The standard InChI is InChI=1S/C15H21F2NO2/c1-10(2)14(19)9-18-15(20)5-3-4-11-6-7-12(16)13(17)8-11/h6-8,10,14,19H,3-5,9H2,1-2H3,(H,18,20). The SMILES string of the molecule is CC(C)C(O)CNC(=O)CCCc1ccc(F)c(F)c1. The highest BCUT2D eigenvalue weighted by molar-refractivity contribution is 5.75. The lowest BCUT2D eigenvalue weighted by Gasteiger charge is -2.14. The van der Waals surface area contributed by atoms with Gasteiger partial charge in [0.05, 0.1) is 6.10 Å². The number of hydrogen-bond acceptors (Lipinski definition) is 2. The summed E-state index contributed by atoms with van der Waals surface area (Å²) in [5.41, 5.74) is 0.666. The third-order valence-corrected chi connectivity index (χ3v) is 3.13. The van der Waals surface area contributed by atoms with E-state index in [0.717, 1.165) is 12.1 Å². The van der Waals surface area contributed by atoms with Crippen LogP contribution in [0.5, 0.6) is 0 Å². The van der Waals surface area contributed by atoms with E-state index in [1.807, 2.05) is 13.8 Å². The summed E-state index contributed by atoms with van der Waals surface area (Å²) in [6, 6.07) is 3.75. The van der Waals surface area contributed by atoms with Gasteiger partial charge in [-0.15, -0.1) is 0 Å². The van der Waals surface area contributed by atoms with Crippen molar-refractivity contribution in [3.8, 4) is 0 Å². The smallest absolute Gasteiger partial charge is 0.220 e. The zero-order chi connectivity index (χ0) is 15.1. The molecule has 0 radical (unpaired) electrons. The molecule has 3 nitrogen and oxygen atoms in total. The van der Waals surface area contributed by atoms with Crippen LogP contribution in [-0.2, 0) is 11.2 Å². The van der Waals surface area contributed by atoms with Gasteiger partial charge in [-0.25, -0.2) is 8.78 Å². The molecule has 1 atom stereocenters. The first-order chi connectivity index (χ1) is 9.40. The summed E-state index contributed by atoms with van der Waals surface area (Å²) in [5.74, 6) is -1.79. The minimum absolute atomic E-state index is 0.0949. The quantitative estimate of drug-likeness (QED) is 0.808. The van der Waals surface area contributed by atoms with Crippen LogP contribution in [-0.4, -0.2) is 23.7 Å². The summed E-state index contributed by atoms with van der Waals surface area (Å²) in [7, 11) is 0. The first kappa shape index (κ1) is 16.6. The fourth-order valence-corrected chi connectivity index (χ4v) is 1.69. The normalized spacial score (nSPS) is 12.5. The monoisotopic (exact) mass is 285 g/mol. The van der Waals surface area contributed by atoms with E-state index in [1.54, 1.807) is 0 Å². The lowest BCUT2D eigenvalue weighted by atomic mass is 10.1. The number of nitrogens with one attached hydrogen (secondary N) is 1. The molecule has 0 saturated heterocycles. The molecule has 0 spiro atoms. The largest absolute Gasteiger partial charge is 0.391 e. The van der Waals surface area contributed by atoms with E-state index in [1.165, 1.54) is 6.07 Å². The van der Waals surface area contributed by atoms with Gasteiger partial charge in [0.2, 0.25) is 5.91 Å². The number of aliphatic hydroxyl groups excluding tert-OH is 1. The van der Waals surface area contributed by atoms with Gasteiger partial charge in [-0.3, -0.25) is 4.79 Å². The number of amides is 1. The van der Waals surface area contributed by atoms with Crippen molar-refractivity contribution in [1.82, 2.24) is 5.32 Å². The highest BCUT2D eigenvalue weighted by Gasteiger charge is 2.10. The van der Waals surface area contributed by atoms with Crippen LogP contribution in [0, 0.1) is 17.6 Å². The van der Waals surface area contributed by atoms with Gasteiger partial charge < -0.3 is 10.4 Å². The highest BCUT2D eigenvalue weighted by Crippen LogP contribution is 2.11. The second-order valence-electron chi connectivity index (χ2n) is 5.22. The Morgan fingerprint density at radius 3 is 2.60 bits per heavy atom. The van der Waals surface area contributed by atoms with Crippen molar-refractivity contribution in [2.24, 2.45) is 5.92 Å². The Morgan fingerprint density at radius 1 is 1.30 bits per heavy atom. The molecule has 1 aromatic carbocycles. The predicted molar refractivity (Wildman–Crippen MR) is 73.2 cm³/mol. The summed E-state index contributed by atoms with van der Waals surface area (Å²) < 4.78 is 25.7. The van der Waals surface area contributed by atoms with Crippen molar-refractivity contribution in [2.75, 3.05) is 6.54 Å². The Hall–Kier alpha value is -1.49. The van der Waals surface area contributed by atoms with Gasteiger partial charge in [0, 0.05) is 13.0 Å². The molecular formula is C15H21F2NO2. The first-order valence-electron chi connectivity index (χ1n) is 6.79. The summed E-state index contributed by atoms with van der Waals surface area (Å²) in [5, 5.41) is 12.2. The molecule has 20 heavy (non-hydrogen) atoms. The highest BCUT2D eigenvalue weighted by atomic mass is 19.2. The van der Waals surface area contributed by atoms with Crippen molar-refractivity contribution in [1.29, 1.82) is 0 Å². The molecule has 2 N–H and O–H groups in total. The molecule has 1 aromatic rings. The summed E-state index contributed by atoms with van der Waals surface area (Å²) in [4.78, 5) is 11.5. The van der Waals surface area contributed by atoms with E-state index in [9.17, 15) is 18.7 Å². The second kappa shape index (κ2) is 7.94. The third-order valence-electron chi connectivity index (χ3n) is 3.13. The molecule has 1 unspecified atom stereocenters. The zero-order valence-electron chi connectivity index (χ0n) is 11.8. The molecule has 112 valence electrons. The molecule has 1 rings (SSSR count). The van der Waals surface area contributed by atoms with E-state index in [4.69, 9.17) is 0 Å². The van der Waals surface area contributed by atoms with Crippen molar-refractivity contribution >= 4 is 5.91 Å². The van der Waals surface area contributed by atoms with Crippen LogP contribution in [0.3, 0.4) is 0 Å². The average molecular weight is 285 g/mol. The number of hydrogen-bond donors (Lipinski definition) is 2. The number of aliphatic hydroxyl groups is 1. The van der Waals surface area contributed by atoms with Crippen molar-refractivity contribution < 1.29 is 18.7 Å². The molecule has 0 saturated carbocycles. The van der Waals surface area contributed by atoms with Crippen LogP contribution >= 0.6 is 0 Å². The fraction of sp³-hybridized carbons (Fsp3) is 0.533. The Kier molecular flexibility index (Phi) is 6.58. The average Bonchev–Trinajstić information content (AvgIpc) is 2.40. The molecule has 5 heteroatoms. The summed E-state index contributed by atoms with van der Waals surface area (Å²) in [6.45, 7) is 3.99. The van der Waals surface area contributed by atoms with Gasteiger partial charge in [0.25, 0.3) is 0 Å². The van der Waals surface area contributed by atoms with Gasteiger partial charge in [-0.2, -0.15) is 0 Å². The lowest BCUT2D eigenvalue weighted by molar-refractivity contribution is -0.121. The van der Waals surface area contributed by atoms with Gasteiger partial charge in [0.15, 0.2) is 11.6 Å². The van der Waals surface area contributed by atoms with Crippen LogP contribution < -0.4 is 5.32 Å². The van der Waals surface area contributed by atoms with Crippen molar-refractivity contribution in [3.05, 3.63) is 35.4 Å². The summed E-state index contributed by atoms with van der Waals surface area (Å²) >= 11 is 0. The second-order valence-corrected chi connectivity index (χ2v) is 5.22. The number of carbonyl (C=O) groups excluding carboxylic acids is 1. The molecule has 0 bridgehead atoms. The van der Waals surface area contributed by atoms with Gasteiger partial charge in [-0.1, -0.05) is 19.9 Å². The van der Waals surface area contributed by atoms with Crippen LogP contribution in [0.4, 0.5) is 8.78 Å². The van der Waals surface area contributed by atoms with Crippen LogP contribution in [0.2, 0.25) is 0 Å². The van der Waals surface area contributed by atoms with Crippen LogP contribution in [0.25, 0.3) is 0 Å². The maximum Gasteiger partial charge on any atom is 0.220 e. The predicted octanol–water partition coefficient (Wildman–Crippen LogP) is 2.42. The Morgan fingerprint density at radius 2 is 2.00 bits per heavy atom. The van der Waals surface area contributed by atoms with E-state index in [0.29, 0.717) is 24.8 Å². The molecule has 0 aliphatic rings. The number of benzene rings is 1. The van der Waals surface area contributed by atoms with Crippen LogP contribution in [0.15, 0.2) is 18.2 Å². The minimum atomic E-state index is -0.869. The lowest BCUT2D eigenvalue weighted by Crippen LogP contribution is -2.34. The zero-order valence-corrected chi connectivity index (χ0v) is 11.8. The van der Waals surface area contributed by atoms with Crippen molar-refractivity contribution in [2.45, 2.75) is 39.2 Å². The number of carbonyl (C=O) groups is 1. The summed E-state index contributed by atoms with van der Waals surface area (Å²) in [6.07, 6.45) is 0.806. The molecule has 1 amide bonds. The van der Waals surface area contributed by atoms with Gasteiger partial charge >= 0.3 is 0 Å². The molecular weight excluding hydrogens is 264 g/mol. The minimum Gasteiger partial charge on any atom is -0.391 e. The van der Waals surface area contributed by atoms with Gasteiger partial charge in [-0.05, 0) is 36.5 Å². The third kappa shape index (κ3) is 5.65. The Bertz CT molecular complexity index is 449. The Balaban J connectivity index is 2.26. The van der Waals surface area contributed by atoms with Crippen molar-refractivity contribution in [3.63, 3.8) is 0 Å². The van der Waals surface area contributed by atoms with E-state index in [2.05, 4.69) is 5.32 Å². The van der Waals surface area contributed by atoms with E-state index in [-0.39, 0.29) is 18.4 Å². The van der Waals surface area contributed by atoms with Crippen LogP contribution in [0.1, 0.15) is 32.3 Å². The number of halogens is 2. The number of rotatable bonds is 7. The van der Waals surface area contributed by atoms with Gasteiger partial charge in [0.1, 0.15) is 0 Å². The topological polar surface area (TPSA) is 49.3 Å². The molecule has 0 heterocycles. The molecule has 0 fully saturated rings. The molecule has 0 aliphatic heterocycles. The maximum absolute atomic E-state index is 13.0.